The Morgan fingerprint density at radius 1 is 1.50 bits per heavy atom. The molecule has 0 radical (unpaired) electrons. The van der Waals surface area contributed by atoms with E-state index in [1.54, 1.807) is 18.3 Å². The van der Waals surface area contributed by atoms with Crippen LogP contribution >= 0.6 is 0 Å². The SMILES string of the molecule is CCc1cnc(CNc2cccc([N+](=O)[O-])c2)o1. The fraction of sp³-hybridized carbons (Fsp3) is 0.250. The van der Waals surface area contributed by atoms with Crippen molar-refractivity contribution < 1.29 is 9.34 Å². The average Bonchev–Trinajstić information content (AvgIpc) is 2.84. The maximum absolute atomic E-state index is 10.6. The summed E-state index contributed by atoms with van der Waals surface area (Å²) in [7, 11) is 0. The third-order valence-electron chi connectivity index (χ3n) is 2.45. The lowest BCUT2D eigenvalue weighted by molar-refractivity contribution is -0.384. The van der Waals surface area contributed by atoms with Crippen molar-refractivity contribution in [1.29, 1.82) is 0 Å². The van der Waals surface area contributed by atoms with Crippen LogP contribution < -0.4 is 5.32 Å². The Labute approximate surface area is 104 Å². The molecular formula is C12H13N3O3. The molecule has 0 saturated heterocycles. The van der Waals surface area contributed by atoms with E-state index in [2.05, 4.69) is 10.3 Å². The van der Waals surface area contributed by atoms with E-state index in [0.29, 0.717) is 18.1 Å². The number of hydrogen-bond acceptors (Lipinski definition) is 5. The fourth-order valence-corrected chi connectivity index (χ4v) is 1.50. The summed E-state index contributed by atoms with van der Waals surface area (Å²) in [6.45, 7) is 2.39. The Morgan fingerprint density at radius 2 is 2.33 bits per heavy atom. The van der Waals surface area contributed by atoms with Crippen LogP contribution in [0.4, 0.5) is 11.4 Å². The Bertz CT molecular complexity index is 551. The second kappa shape index (κ2) is 5.31. The molecule has 1 N–H and O–H groups in total. The summed E-state index contributed by atoms with van der Waals surface area (Å²) in [6.07, 6.45) is 2.48. The maximum Gasteiger partial charge on any atom is 0.271 e. The second-order valence-electron chi connectivity index (χ2n) is 3.73. The van der Waals surface area contributed by atoms with E-state index in [9.17, 15) is 10.1 Å². The van der Waals surface area contributed by atoms with Gasteiger partial charge in [0.05, 0.1) is 17.7 Å². The zero-order chi connectivity index (χ0) is 13.0. The molecule has 0 aliphatic heterocycles. The molecule has 0 amide bonds. The van der Waals surface area contributed by atoms with Crippen LogP contribution in [0.25, 0.3) is 0 Å². The first-order chi connectivity index (χ1) is 8.69. The third kappa shape index (κ3) is 2.85. The predicted molar refractivity (Wildman–Crippen MR) is 66.3 cm³/mol. The topological polar surface area (TPSA) is 81.2 Å². The number of aryl methyl sites for hydroxylation is 1. The van der Waals surface area contributed by atoms with E-state index in [4.69, 9.17) is 4.42 Å². The highest BCUT2D eigenvalue weighted by molar-refractivity contribution is 5.50. The van der Waals surface area contributed by atoms with Gasteiger partial charge in [0.15, 0.2) is 0 Å². The van der Waals surface area contributed by atoms with Crippen molar-refractivity contribution in [3.8, 4) is 0 Å². The highest BCUT2D eigenvalue weighted by atomic mass is 16.6. The third-order valence-corrected chi connectivity index (χ3v) is 2.45. The molecule has 1 aromatic carbocycles. The van der Waals surface area contributed by atoms with E-state index < -0.39 is 4.92 Å². The van der Waals surface area contributed by atoms with Crippen molar-refractivity contribution in [2.24, 2.45) is 0 Å². The number of nitro benzene ring substituents is 1. The standard InChI is InChI=1S/C12H13N3O3/c1-2-11-7-14-12(18-11)8-13-9-4-3-5-10(6-9)15(16)17/h3-7,13H,2,8H2,1H3. The number of anilines is 1. The molecule has 0 fully saturated rings. The van der Waals surface area contributed by atoms with E-state index in [1.165, 1.54) is 12.1 Å². The smallest absolute Gasteiger partial charge is 0.271 e. The summed E-state index contributed by atoms with van der Waals surface area (Å²) >= 11 is 0. The first-order valence-electron chi connectivity index (χ1n) is 5.61. The summed E-state index contributed by atoms with van der Waals surface area (Å²) in [5.74, 6) is 1.39. The molecule has 0 atom stereocenters. The van der Waals surface area contributed by atoms with Crippen LogP contribution in [0, 0.1) is 10.1 Å². The van der Waals surface area contributed by atoms with Gasteiger partial charge in [0.2, 0.25) is 5.89 Å². The Balaban J connectivity index is 2.01. The van der Waals surface area contributed by atoms with Crippen LogP contribution in [0.2, 0.25) is 0 Å². The molecule has 0 saturated carbocycles. The summed E-state index contributed by atoms with van der Waals surface area (Å²) < 4.78 is 5.42. The zero-order valence-corrected chi connectivity index (χ0v) is 9.92. The lowest BCUT2D eigenvalue weighted by Gasteiger charge is -2.03. The summed E-state index contributed by atoms with van der Waals surface area (Å²) in [6, 6.07) is 6.32. The Kier molecular flexibility index (Phi) is 3.57. The molecular weight excluding hydrogens is 234 g/mol. The molecule has 0 unspecified atom stereocenters. The highest BCUT2D eigenvalue weighted by Gasteiger charge is 2.06. The first kappa shape index (κ1) is 12.1. The van der Waals surface area contributed by atoms with Crippen molar-refractivity contribution in [3.63, 3.8) is 0 Å². The molecule has 0 spiro atoms. The molecule has 18 heavy (non-hydrogen) atoms. The van der Waals surface area contributed by atoms with E-state index in [-0.39, 0.29) is 5.69 Å². The normalized spacial score (nSPS) is 10.3. The van der Waals surface area contributed by atoms with E-state index in [1.807, 2.05) is 6.92 Å². The van der Waals surface area contributed by atoms with Gasteiger partial charge in [-0.15, -0.1) is 0 Å². The van der Waals surface area contributed by atoms with Crippen molar-refractivity contribution in [2.45, 2.75) is 19.9 Å². The van der Waals surface area contributed by atoms with Crippen LogP contribution in [-0.4, -0.2) is 9.91 Å². The molecule has 2 aromatic rings. The number of oxazole rings is 1. The minimum Gasteiger partial charge on any atom is -0.444 e. The second-order valence-corrected chi connectivity index (χ2v) is 3.73. The van der Waals surface area contributed by atoms with Crippen molar-refractivity contribution in [1.82, 2.24) is 4.98 Å². The van der Waals surface area contributed by atoms with Gasteiger partial charge in [0.1, 0.15) is 5.76 Å². The zero-order valence-electron chi connectivity index (χ0n) is 9.92. The molecule has 1 aromatic heterocycles. The van der Waals surface area contributed by atoms with Crippen LogP contribution in [0.15, 0.2) is 34.9 Å². The Hall–Kier alpha value is -2.37. The molecule has 0 bridgehead atoms. The molecule has 2 rings (SSSR count). The number of non-ortho nitro benzene ring substituents is 1. The van der Waals surface area contributed by atoms with Crippen LogP contribution in [0.5, 0.6) is 0 Å². The number of rotatable bonds is 5. The summed E-state index contributed by atoms with van der Waals surface area (Å²) in [4.78, 5) is 14.3. The van der Waals surface area contributed by atoms with Crippen molar-refractivity contribution >= 4 is 11.4 Å². The summed E-state index contributed by atoms with van der Waals surface area (Å²) in [5.41, 5.74) is 0.724. The molecule has 6 heteroatoms. The molecule has 0 aliphatic carbocycles. The minimum atomic E-state index is -0.425. The first-order valence-corrected chi connectivity index (χ1v) is 5.61. The van der Waals surface area contributed by atoms with Crippen LogP contribution in [-0.2, 0) is 13.0 Å². The number of hydrogen-bond donors (Lipinski definition) is 1. The monoisotopic (exact) mass is 247 g/mol. The number of nitrogens with zero attached hydrogens (tertiary/aromatic N) is 2. The molecule has 1 heterocycles. The summed E-state index contributed by atoms with van der Waals surface area (Å²) in [5, 5.41) is 13.6. The number of nitro groups is 1. The fourth-order valence-electron chi connectivity index (χ4n) is 1.50. The van der Waals surface area contributed by atoms with Gasteiger partial charge in [0, 0.05) is 24.2 Å². The molecule has 6 nitrogen and oxygen atoms in total. The van der Waals surface area contributed by atoms with Crippen LogP contribution in [0.3, 0.4) is 0 Å². The van der Waals surface area contributed by atoms with Gasteiger partial charge < -0.3 is 9.73 Å². The number of benzene rings is 1. The maximum atomic E-state index is 10.6. The Morgan fingerprint density at radius 3 is 3.00 bits per heavy atom. The van der Waals surface area contributed by atoms with Gasteiger partial charge in [0.25, 0.3) is 5.69 Å². The number of aromatic nitrogens is 1. The van der Waals surface area contributed by atoms with Crippen LogP contribution in [0.1, 0.15) is 18.6 Å². The van der Waals surface area contributed by atoms with Gasteiger partial charge >= 0.3 is 0 Å². The van der Waals surface area contributed by atoms with E-state index in [0.717, 1.165) is 12.2 Å². The van der Waals surface area contributed by atoms with Gasteiger partial charge in [-0.05, 0) is 6.07 Å². The van der Waals surface area contributed by atoms with Crippen molar-refractivity contribution in [3.05, 3.63) is 52.2 Å². The van der Waals surface area contributed by atoms with Crippen molar-refractivity contribution in [2.75, 3.05) is 5.32 Å². The highest BCUT2D eigenvalue weighted by Crippen LogP contribution is 2.17. The lowest BCUT2D eigenvalue weighted by Crippen LogP contribution is -2.00. The van der Waals surface area contributed by atoms with Gasteiger partial charge in [-0.1, -0.05) is 13.0 Å². The number of nitrogens with one attached hydrogen (secondary N) is 1. The quantitative estimate of drug-likeness (QED) is 0.649. The van der Waals surface area contributed by atoms with Gasteiger partial charge in [-0.25, -0.2) is 4.98 Å². The minimum absolute atomic E-state index is 0.0571. The predicted octanol–water partition coefficient (Wildman–Crippen LogP) is 2.76. The van der Waals surface area contributed by atoms with Gasteiger partial charge in [-0.3, -0.25) is 10.1 Å². The van der Waals surface area contributed by atoms with Gasteiger partial charge in [-0.2, -0.15) is 0 Å². The molecule has 94 valence electrons. The largest absolute Gasteiger partial charge is 0.444 e. The lowest BCUT2D eigenvalue weighted by atomic mass is 10.3. The average molecular weight is 247 g/mol. The molecule has 0 aliphatic rings. The van der Waals surface area contributed by atoms with E-state index >= 15 is 0 Å².